The van der Waals surface area contributed by atoms with Gasteiger partial charge in [-0.3, -0.25) is 9.59 Å². The van der Waals surface area contributed by atoms with Gasteiger partial charge >= 0.3 is 0 Å². The Morgan fingerprint density at radius 3 is 2.52 bits per heavy atom. The van der Waals surface area contributed by atoms with Gasteiger partial charge in [-0.2, -0.15) is 5.10 Å². The molecule has 1 N–H and O–H groups in total. The van der Waals surface area contributed by atoms with Crippen molar-refractivity contribution in [1.82, 2.24) is 9.78 Å². The fourth-order valence-electron chi connectivity index (χ4n) is 2.42. The molecule has 27 heavy (non-hydrogen) atoms. The Morgan fingerprint density at radius 2 is 1.81 bits per heavy atom. The van der Waals surface area contributed by atoms with Crippen molar-refractivity contribution in [2.24, 2.45) is 0 Å². The van der Waals surface area contributed by atoms with Crippen molar-refractivity contribution in [3.8, 4) is 11.3 Å². The first-order chi connectivity index (χ1) is 12.8. The van der Waals surface area contributed by atoms with E-state index in [-0.39, 0.29) is 5.82 Å². The largest absolute Gasteiger partial charge is 0.323 e. The number of anilines is 1. The number of carbonyl (C=O) groups is 1. The molecule has 1 unspecified atom stereocenters. The van der Waals surface area contributed by atoms with Gasteiger partial charge in [-0.15, -0.1) is 0 Å². The van der Waals surface area contributed by atoms with E-state index >= 15 is 0 Å². The lowest BCUT2D eigenvalue weighted by atomic mass is 10.1. The van der Waals surface area contributed by atoms with Crippen molar-refractivity contribution in [3.05, 3.63) is 80.8 Å². The molecule has 0 saturated heterocycles. The van der Waals surface area contributed by atoms with Crippen molar-refractivity contribution >= 4 is 34.8 Å². The Hall–Kier alpha value is -2.70. The van der Waals surface area contributed by atoms with E-state index in [2.05, 4.69) is 10.4 Å². The van der Waals surface area contributed by atoms with Crippen LogP contribution in [0.25, 0.3) is 11.3 Å². The number of nitrogens with zero attached hydrogens (tertiary/aromatic N) is 2. The van der Waals surface area contributed by atoms with Crippen LogP contribution in [0.3, 0.4) is 0 Å². The SMILES string of the molecule is CC(C(=O)Nc1cc(Cl)ccc1Cl)n1nc(-c2ccc(F)cc2)ccc1=O. The highest BCUT2D eigenvalue weighted by molar-refractivity contribution is 6.35. The molecular weight excluding hydrogens is 392 g/mol. The van der Waals surface area contributed by atoms with Crippen LogP contribution in [-0.4, -0.2) is 15.7 Å². The molecule has 0 spiro atoms. The maximum absolute atomic E-state index is 13.1. The zero-order valence-corrected chi connectivity index (χ0v) is 15.6. The van der Waals surface area contributed by atoms with Crippen molar-refractivity contribution in [1.29, 1.82) is 0 Å². The summed E-state index contributed by atoms with van der Waals surface area (Å²) < 4.78 is 14.2. The molecule has 1 aromatic heterocycles. The van der Waals surface area contributed by atoms with Crippen LogP contribution >= 0.6 is 23.2 Å². The molecule has 0 radical (unpaired) electrons. The highest BCUT2D eigenvalue weighted by Gasteiger charge is 2.19. The predicted octanol–water partition coefficient (Wildman–Crippen LogP) is 4.56. The summed E-state index contributed by atoms with van der Waals surface area (Å²) in [7, 11) is 0. The number of nitrogens with one attached hydrogen (secondary N) is 1. The van der Waals surface area contributed by atoms with Gasteiger partial charge in [0.1, 0.15) is 11.9 Å². The fraction of sp³-hybridized carbons (Fsp3) is 0.105. The van der Waals surface area contributed by atoms with Crippen LogP contribution in [0.2, 0.25) is 10.0 Å². The molecule has 0 saturated carbocycles. The minimum Gasteiger partial charge on any atom is -0.323 e. The minimum atomic E-state index is -0.909. The first-order valence-electron chi connectivity index (χ1n) is 7.97. The topological polar surface area (TPSA) is 64.0 Å². The zero-order valence-electron chi connectivity index (χ0n) is 14.1. The standard InChI is InChI=1S/C19H14Cl2FN3O2/c1-11(19(27)23-17-10-13(20)4-7-15(17)21)25-18(26)9-8-16(24-25)12-2-5-14(22)6-3-12/h2-11H,1H3,(H,23,27). The average molecular weight is 406 g/mol. The monoisotopic (exact) mass is 405 g/mol. The summed E-state index contributed by atoms with van der Waals surface area (Å²) in [5.74, 6) is -0.858. The third kappa shape index (κ3) is 4.35. The van der Waals surface area contributed by atoms with E-state index in [0.29, 0.717) is 27.0 Å². The molecule has 1 atom stereocenters. The molecule has 1 heterocycles. The lowest BCUT2D eigenvalue weighted by molar-refractivity contribution is -0.119. The number of carbonyl (C=O) groups excluding carboxylic acids is 1. The number of aromatic nitrogens is 2. The van der Waals surface area contributed by atoms with Gasteiger partial charge in [0.2, 0.25) is 5.91 Å². The Morgan fingerprint density at radius 1 is 1.11 bits per heavy atom. The van der Waals surface area contributed by atoms with Crippen molar-refractivity contribution < 1.29 is 9.18 Å². The van der Waals surface area contributed by atoms with Crippen LogP contribution in [0.15, 0.2) is 59.4 Å². The maximum atomic E-state index is 13.1. The summed E-state index contributed by atoms with van der Waals surface area (Å²) in [4.78, 5) is 24.7. The Kier molecular flexibility index (Phi) is 5.58. The second kappa shape index (κ2) is 7.90. The zero-order chi connectivity index (χ0) is 19.6. The second-order valence-electron chi connectivity index (χ2n) is 5.80. The quantitative estimate of drug-likeness (QED) is 0.691. The van der Waals surface area contributed by atoms with E-state index in [1.54, 1.807) is 24.3 Å². The number of rotatable bonds is 4. The van der Waals surface area contributed by atoms with Crippen LogP contribution in [0, 0.1) is 5.82 Å². The first kappa shape index (κ1) is 19.1. The van der Waals surface area contributed by atoms with E-state index in [4.69, 9.17) is 23.2 Å². The molecule has 138 valence electrons. The van der Waals surface area contributed by atoms with Gasteiger partial charge in [-0.1, -0.05) is 23.2 Å². The summed E-state index contributed by atoms with van der Waals surface area (Å²) in [5, 5.41) is 7.61. The molecule has 3 aromatic rings. The van der Waals surface area contributed by atoms with Crippen LogP contribution in [0.5, 0.6) is 0 Å². The summed E-state index contributed by atoms with van der Waals surface area (Å²) in [6.45, 7) is 1.54. The van der Waals surface area contributed by atoms with E-state index in [1.807, 2.05) is 0 Å². The summed E-state index contributed by atoms with van der Waals surface area (Å²) in [5.41, 5.74) is 0.954. The van der Waals surface area contributed by atoms with E-state index < -0.39 is 17.5 Å². The van der Waals surface area contributed by atoms with Gasteiger partial charge in [0.05, 0.1) is 16.4 Å². The van der Waals surface area contributed by atoms with Crippen LogP contribution in [0.4, 0.5) is 10.1 Å². The molecule has 0 bridgehead atoms. The third-order valence-corrected chi connectivity index (χ3v) is 4.46. The van der Waals surface area contributed by atoms with E-state index in [0.717, 1.165) is 4.68 Å². The summed E-state index contributed by atoms with van der Waals surface area (Å²) in [6, 6.07) is 12.3. The lowest BCUT2D eigenvalue weighted by Gasteiger charge is -2.15. The molecule has 3 rings (SSSR count). The normalized spacial score (nSPS) is 11.9. The Balaban J connectivity index is 1.89. The van der Waals surface area contributed by atoms with Crippen molar-refractivity contribution in [2.75, 3.05) is 5.32 Å². The number of halogens is 3. The van der Waals surface area contributed by atoms with Gasteiger partial charge in [0, 0.05) is 16.7 Å². The van der Waals surface area contributed by atoms with Crippen LogP contribution in [0.1, 0.15) is 13.0 Å². The summed E-state index contributed by atoms with van der Waals surface area (Å²) in [6.07, 6.45) is 0. The minimum absolute atomic E-state index is 0.320. The molecule has 5 nitrogen and oxygen atoms in total. The molecule has 0 aliphatic rings. The van der Waals surface area contributed by atoms with Gasteiger partial charge in [-0.25, -0.2) is 9.07 Å². The number of hydrogen-bond acceptors (Lipinski definition) is 3. The highest BCUT2D eigenvalue weighted by Crippen LogP contribution is 2.26. The van der Waals surface area contributed by atoms with E-state index in [9.17, 15) is 14.0 Å². The fourth-order valence-corrected chi connectivity index (χ4v) is 2.76. The van der Waals surface area contributed by atoms with Gasteiger partial charge in [0.25, 0.3) is 5.56 Å². The van der Waals surface area contributed by atoms with Gasteiger partial charge in [-0.05, 0) is 55.5 Å². The average Bonchev–Trinajstić information content (AvgIpc) is 2.65. The van der Waals surface area contributed by atoms with Gasteiger partial charge < -0.3 is 5.32 Å². The smallest absolute Gasteiger partial charge is 0.267 e. The number of amides is 1. The number of benzene rings is 2. The van der Waals surface area contributed by atoms with Crippen LogP contribution < -0.4 is 10.9 Å². The molecular formula is C19H14Cl2FN3O2. The molecule has 2 aromatic carbocycles. The maximum Gasteiger partial charge on any atom is 0.267 e. The highest BCUT2D eigenvalue weighted by atomic mass is 35.5. The van der Waals surface area contributed by atoms with Crippen LogP contribution in [-0.2, 0) is 4.79 Å². The Bertz CT molecular complexity index is 1050. The lowest BCUT2D eigenvalue weighted by Crippen LogP contribution is -2.33. The molecule has 0 aliphatic carbocycles. The molecule has 8 heteroatoms. The predicted molar refractivity (Wildman–Crippen MR) is 104 cm³/mol. The van der Waals surface area contributed by atoms with Gasteiger partial charge in [0.15, 0.2) is 0 Å². The summed E-state index contributed by atoms with van der Waals surface area (Å²) >= 11 is 12.0. The van der Waals surface area contributed by atoms with E-state index in [1.165, 1.54) is 37.3 Å². The molecule has 1 amide bonds. The van der Waals surface area contributed by atoms with Crippen molar-refractivity contribution in [3.63, 3.8) is 0 Å². The second-order valence-corrected chi connectivity index (χ2v) is 6.64. The molecule has 0 fully saturated rings. The van der Waals surface area contributed by atoms with Crippen molar-refractivity contribution in [2.45, 2.75) is 13.0 Å². The third-order valence-electron chi connectivity index (χ3n) is 3.90. The Labute approximate surface area is 164 Å². The first-order valence-corrected chi connectivity index (χ1v) is 8.72. The number of hydrogen-bond donors (Lipinski definition) is 1. The molecule has 0 aliphatic heterocycles.